The van der Waals surface area contributed by atoms with Gasteiger partial charge in [-0.05, 0) is 37.8 Å². The summed E-state index contributed by atoms with van der Waals surface area (Å²) in [6, 6.07) is 3.04. The highest BCUT2D eigenvalue weighted by atomic mass is 28.4. The van der Waals surface area contributed by atoms with Gasteiger partial charge in [0.25, 0.3) is 0 Å². The van der Waals surface area contributed by atoms with Gasteiger partial charge in [0.05, 0.1) is 0 Å². The second-order valence-corrected chi connectivity index (χ2v) is 11.0. The Hall–Kier alpha value is -2.06. The molecule has 3 rings (SSSR count). The number of hydrogen-bond donors (Lipinski definition) is 0. The van der Waals surface area contributed by atoms with E-state index in [4.69, 9.17) is 19.4 Å². The van der Waals surface area contributed by atoms with E-state index < -0.39 is 20.1 Å². The lowest BCUT2D eigenvalue weighted by atomic mass is 9.97. The summed E-state index contributed by atoms with van der Waals surface area (Å²) in [5, 5.41) is 16.8. The quantitative estimate of drug-likeness (QED) is 0.540. The van der Waals surface area contributed by atoms with Crippen molar-refractivity contribution in [1.29, 1.82) is 10.5 Å². The molecule has 0 N–H and O–H groups in total. The molecule has 2 fully saturated rings. The Kier molecular flexibility index (Phi) is 7.67. The van der Waals surface area contributed by atoms with Crippen LogP contribution in [-0.2, 0) is 18.4 Å². The molecule has 0 radical (unpaired) electrons. The van der Waals surface area contributed by atoms with Crippen LogP contribution in [0, 0.1) is 22.7 Å². The van der Waals surface area contributed by atoms with Crippen molar-refractivity contribution in [2.45, 2.75) is 62.4 Å². The molecule has 0 saturated heterocycles. The Morgan fingerprint density at radius 3 is 1.41 bits per heavy atom. The third-order valence-electron chi connectivity index (χ3n) is 5.84. The molecule has 0 heterocycles. The van der Waals surface area contributed by atoms with Crippen molar-refractivity contribution in [3.63, 3.8) is 0 Å². The molecule has 27 heavy (non-hydrogen) atoms. The van der Waals surface area contributed by atoms with Crippen LogP contribution < -0.4 is 0 Å². The van der Waals surface area contributed by atoms with Crippen molar-refractivity contribution in [1.82, 2.24) is 0 Å². The molecule has 0 aromatic rings. The molecule has 0 amide bonds. The molecule has 0 aliphatic heterocycles. The molecule has 0 aromatic heterocycles. The van der Waals surface area contributed by atoms with E-state index in [2.05, 4.69) is 0 Å². The number of hydrogen-bond acceptors (Lipinski definition) is 6. The summed E-state index contributed by atoms with van der Waals surface area (Å²) >= 11 is 0. The third kappa shape index (κ3) is 4.44. The third-order valence-corrected chi connectivity index (χ3v) is 10.5. The zero-order valence-electron chi connectivity index (χ0n) is 16.0. The summed E-state index contributed by atoms with van der Waals surface area (Å²) in [6.07, 6.45) is 12.9. The van der Waals surface area contributed by atoms with E-state index in [1.807, 2.05) is 14.2 Å². The SMILES string of the molecule is CO[Si](OC)(C1CCCC1)C1CCCC1.N#CC1=C(C#N)C(=O)C=CC1=O. The number of carbonyl (C=O) groups excluding carboxylic acids is 2. The van der Waals surface area contributed by atoms with Crippen molar-refractivity contribution in [2.24, 2.45) is 0 Å². The fourth-order valence-electron chi connectivity index (χ4n) is 4.53. The second kappa shape index (κ2) is 9.75. The number of nitriles is 2. The lowest BCUT2D eigenvalue weighted by Gasteiger charge is -2.37. The molecule has 3 aliphatic carbocycles. The first-order chi connectivity index (χ1) is 13.0. The summed E-state index contributed by atoms with van der Waals surface area (Å²) in [5.74, 6) is -1.18. The Labute approximate surface area is 161 Å². The summed E-state index contributed by atoms with van der Waals surface area (Å²) in [6.45, 7) is 0. The van der Waals surface area contributed by atoms with Crippen molar-refractivity contribution in [3.05, 3.63) is 23.3 Å². The maximum absolute atomic E-state index is 10.9. The molecular formula is C20H26N2O4Si. The molecule has 0 aromatic carbocycles. The molecule has 7 heteroatoms. The molecule has 144 valence electrons. The highest BCUT2D eigenvalue weighted by molar-refractivity contribution is 6.70. The van der Waals surface area contributed by atoms with Gasteiger partial charge in [-0.3, -0.25) is 9.59 Å². The number of allylic oxidation sites excluding steroid dienone is 4. The first-order valence-electron chi connectivity index (χ1n) is 9.45. The van der Waals surface area contributed by atoms with Crippen molar-refractivity contribution in [2.75, 3.05) is 14.2 Å². The fourth-order valence-corrected chi connectivity index (χ4v) is 9.12. The van der Waals surface area contributed by atoms with Gasteiger partial charge in [-0.15, -0.1) is 0 Å². The van der Waals surface area contributed by atoms with Gasteiger partial charge in [0, 0.05) is 25.3 Å². The van der Waals surface area contributed by atoms with E-state index in [9.17, 15) is 9.59 Å². The summed E-state index contributed by atoms with van der Waals surface area (Å²) in [4.78, 5) is 21.7. The van der Waals surface area contributed by atoms with E-state index >= 15 is 0 Å². The predicted octanol–water partition coefficient (Wildman–Crippen LogP) is 3.65. The molecule has 2 saturated carbocycles. The van der Waals surface area contributed by atoms with Gasteiger partial charge in [0.1, 0.15) is 23.3 Å². The second-order valence-electron chi connectivity index (χ2n) is 7.13. The molecule has 6 nitrogen and oxygen atoms in total. The largest absolute Gasteiger partial charge is 0.397 e. The Bertz CT molecular complexity index is 657. The van der Waals surface area contributed by atoms with Gasteiger partial charge in [-0.1, -0.05) is 25.7 Å². The van der Waals surface area contributed by atoms with Gasteiger partial charge in [0.2, 0.25) is 0 Å². The molecule has 0 atom stereocenters. The normalized spacial score (nSPS) is 21.0. The highest BCUT2D eigenvalue weighted by Crippen LogP contribution is 2.50. The number of carbonyl (C=O) groups is 2. The number of ketones is 2. The topological polar surface area (TPSA) is 100 Å². The summed E-state index contributed by atoms with van der Waals surface area (Å²) in [5.41, 5.74) is 0.807. The first kappa shape index (κ1) is 21.2. The van der Waals surface area contributed by atoms with Crippen LogP contribution in [0.1, 0.15) is 51.4 Å². The van der Waals surface area contributed by atoms with Crippen molar-refractivity contribution in [3.8, 4) is 12.1 Å². The average Bonchev–Trinajstić information content (AvgIpc) is 3.40. The van der Waals surface area contributed by atoms with Crippen LogP contribution in [0.3, 0.4) is 0 Å². The van der Waals surface area contributed by atoms with Crippen LogP contribution in [0.15, 0.2) is 23.3 Å². The van der Waals surface area contributed by atoms with Gasteiger partial charge < -0.3 is 8.85 Å². The van der Waals surface area contributed by atoms with Gasteiger partial charge in [-0.2, -0.15) is 10.5 Å². The van der Waals surface area contributed by atoms with Crippen LogP contribution in [-0.4, -0.2) is 34.3 Å². The first-order valence-corrected chi connectivity index (χ1v) is 11.4. The fraction of sp³-hybridized carbons (Fsp3) is 0.600. The highest BCUT2D eigenvalue weighted by Gasteiger charge is 2.52. The van der Waals surface area contributed by atoms with E-state index in [0.717, 1.165) is 23.2 Å². The molecular weight excluding hydrogens is 360 g/mol. The lowest BCUT2D eigenvalue weighted by molar-refractivity contribution is -0.114. The lowest BCUT2D eigenvalue weighted by Crippen LogP contribution is -2.48. The molecule has 0 bridgehead atoms. The van der Waals surface area contributed by atoms with Crippen LogP contribution >= 0.6 is 0 Å². The molecule has 3 aliphatic rings. The predicted molar refractivity (Wildman–Crippen MR) is 102 cm³/mol. The van der Waals surface area contributed by atoms with Gasteiger partial charge >= 0.3 is 8.56 Å². The zero-order valence-corrected chi connectivity index (χ0v) is 17.0. The van der Waals surface area contributed by atoms with Gasteiger partial charge in [-0.25, -0.2) is 0 Å². The zero-order chi connectivity index (χ0) is 19.9. The standard InChI is InChI=1S/C12H24O2Si.C8H2N2O2/c1-13-15(14-2,11-7-3-4-8-11)12-9-5-6-10-12;9-3-5-6(4-10)8(12)2-1-7(5)11/h11-12H,3-10H2,1-2H3;1-2H. The Balaban J connectivity index is 0.000000199. The minimum Gasteiger partial charge on any atom is -0.397 e. The Morgan fingerprint density at radius 2 is 1.15 bits per heavy atom. The van der Waals surface area contributed by atoms with Crippen LogP contribution in [0.5, 0.6) is 0 Å². The van der Waals surface area contributed by atoms with Crippen molar-refractivity contribution < 1.29 is 18.4 Å². The smallest absolute Gasteiger partial charge is 0.344 e. The average molecular weight is 387 g/mol. The Morgan fingerprint density at radius 1 is 0.815 bits per heavy atom. The molecule has 0 spiro atoms. The van der Waals surface area contributed by atoms with Gasteiger partial charge in [0.15, 0.2) is 11.6 Å². The minimum atomic E-state index is -1.88. The maximum Gasteiger partial charge on any atom is 0.344 e. The number of nitrogens with zero attached hydrogens (tertiary/aromatic N) is 2. The van der Waals surface area contributed by atoms with E-state index in [1.54, 1.807) is 0 Å². The molecule has 0 unspecified atom stereocenters. The van der Waals surface area contributed by atoms with Crippen molar-refractivity contribution >= 4 is 20.1 Å². The van der Waals surface area contributed by atoms with E-state index in [-0.39, 0.29) is 11.1 Å². The van der Waals surface area contributed by atoms with E-state index in [1.165, 1.54) is 63.5 Å². The monoisotopic (exact) mass is 386 g/mol. The summed E-state index contributed by atoms with van der Waals surface area (Å²) < 4.78 is 11.9. The van der Waals surface area contributed by atoms with Crippen LogP contribution in [0.25, 0.3) is 0 Å². The van der Waals surface area contributed by atoms with E-state index in [0.29, 0.717) is 0 Å². The van der Waals surface area contributed by atoms with Crippen LogP contribution in [0.4, 0.5) is 0 Å². The number of rotatable bonds is 4. The minimum absolute atomic E-state index is 0.370. The maximum atomic E-state index is 10.9. The van der Waals surface area contributed by atoms with Crippen LogP contribution in [0.2, 0.25) is 11.1 Å². The summed E-state index contributed by atoms with van der Waals surface area (Å²) in [7, 11) is 1.91.